The van der Waals surface area contributed by atoms with Gasteiger partial charge in [0.1, 0.15) is 0 Å². The molecule has 0 bridgehead atoms. The van der Waals surface area contributed by atoms with Gasteiger partial charge in [0.15, 0.2) is 5.13 Å². The molecule has 1 heterocycles. The molecule has 1 aromatic heterocycles. The predicted octanol–water partition coefficient (Wildman–Crippen LogP) is 3.41. The molecule has 1 aromatic rings. The number of hydrogen-bond acceptors (Lipinski definition) is 5. The highest BCUT2D eigenvalue weighted by atomic mass is 32.1. The second-order valence-corrected chi connectivity index (χ2v) is 7.88. The Kier molecular flexibility index (Phi) is 7.10. The average Bonchev–Trinajstić information content (AvgIpc) is 2.80. The number of nitrogens with zero attached hydrogens (tertiary/aromatic N) is 2. The lowest BCUT2D eigenvalue weighted by molar-refractivity contribution is 0.196. The van der Waals surface area contributed by atoms with Crippen LogP contribution in [0.15, 0.2) is 0 Å². The Balaban J connectivity index is 2.86. The van der Waals surface area contributed by atoms with Crippen LogP contribution < -0.4 is 10.2 Å². The van der Waals surface area contributed by atoms with Gasteiger partial charge in [0.05, 0.1) is 5.69 Å². The molecular weight excluding hydrogens is 282 g/mol. The van der Waals surface area contributed by atoms with E-state index in [-0.39, 0.29) is 5.41 Å². The van der Waals surface area contributed by atoms with E-state index >= 15 is 0 Å². The molecule has 1 N–H and O–H groups in total. The molecule has 0 atom stereocenters. The van der Waals surface area contributed by atoms with Crippen molar-refractivity contribution < 1.29 is 4.74 Å². The van der Waals surface area contributed by atoms with Gasteiger partial charge in [0, 0.05) is 50.2 Å². The van der Waals surface area contributed by atoms with E-state index in [0.29, 0.717) is 6.04 Å². The summed E-state index contributed by atoms with van der Waals surface area (Å²) in [6, 6.07) is 0.489. The van der Waals surface area contributed by atoms with Crippen LogP contribution in [0.4, 0.5) is 5.13 Å². The third kappa shape index (κ3) is 5.93. The molecule has 0 saturated carbocycles. The number of aromatic nitrogens is 1. The molecule has 1 rings (SSSR count). The standard InChI is InChI=1S/C16H31N3OS/c1-12(2)17-11-13-14(16(3,4)5)18-15(21-13)19(6)9-8-10-20-7/h12,17H,8-11H2,1-7H3. The van der Waals surface area contributed by atoms with Crippen LogP contribution in [0.3, 0.4) is 0 Å². The summed E-state index contributed by atoms with van der Waals surface area (Å²) < 4.78 is 5.12. The van der Waals surface area contributed by atoms with Crippen molar-refractivity contribution in [3.63, 3.8) is 0 Å². The van der Waals surface area contributed by atoms with E-state index in [9.17, 15) is 0 Å². The summed E-state index contributed by atoms with van der Waals surface area (Å²) in [5, 5.41) is 4.62. The van der Waals surface area contributed by atoms with E-state index in [2.05, 4.69) is 51.9 Å². The van der Waals surface area contributed by atoms with Crippen molar-refractivity contribution in [2.75, 3.05) is 32.2 Å². The highest BCUT2D eigenvalue weighted by Gasteiger charge is 2.24. The quantitative estimate of drug-likeness (QED) is 0.746. The molecule has 0 aromatic carbocycles. The Hall–Kier alpha value is -0.650. The first kappa shape index (κ1) is 18.4. The maximum absolute atomic E-state index is 5.12. The highest BCUT2D eigenvalue weighted by Crippen LogP contribution is 2.33. The first-order chi connectivity index (χ1) is 9.75. The molecular formula is C16H31N3OS. The maximum Gasteiger partial charge on any atom is 0.185 e. The minimum atomic E-state index is 0.0795. The highest BCUT2D eigenvalue weighted by molar-refractivity contribution is 7.15. The monoisotopic (exact) mass is 313 g/mol. The second-order valence-electron chi connectivity index (χ2n) is 6.82. The van der Waals surface area contributed by atoms with E-state index in [1.807, 2.05) is 0 Å². The zero-order chi connectivity index (χ0) is 16.0. The van der Waals surface area contributed by atoms with E-state index in [1.165, 1.54) is 10.6 Å². The Morgan fingerprint density at radius 3 is 2.52 bits per heavy atom. The lowest BCUT2D eigenvalue weighted by atomic mass is 9.91. The third-order valence-electron chi connectivity index (χ3n) is 3.24. The van der Waals surface area contributed by atoms with Gasteiger partial charge in [-0.1, -0.05) is 34.6 Å². The molecule has 0 saturated heterocycles. The van der Waals surface area contributed by atoms with Gasteiger partial charge in [0.25, 0.3) is 0 Å². The molecule has 0 radical (unpaired) electrons. The topological polar surface area (TPSA) is 37.4 Å². The van der Waals surface area contributed by atoms with Crippen molar-refractivity contribution in [3.8, 4) is 0 Å². The molecule has 5 heteroatoms. The van der Waals surface area contributed by atoms with E-state index in [1.54, 1.807) is 18.4 Å². The number of hydrogen-bond donors (Lipinski definition) is 1. The lowest BCUT2D eigenvalue weighted by Crippen LogP contribution is -2.24. The maximum atomic E-state index is 5.12. The number of anilines is 1. The Labute approximate surface area is 133 Å². The summed E-state index contributed by atoms with van der Waals surface area (Å²) in [4.78, 5) is 8.49. The largest absolute Gasteiger partial charge is 0.385 e. The van der Waals surface area contributed by atoms with Crippen molar-refractivity contribution in [1.82, 2.24) is 10.3 Å². The van der Waals surface area contributed by atoms with Crippen LogP contribution in [0.5, 0.6) is 0 Å². The van der Waals surface area contributed by atoms with Gasteiger partial charge in [0.2, 0.25) is 0 Å². The molecule has 0 unspecified atom stereocenters. The zero-order valence-electron chi connectivity index (χ0n) is 14.6. The molecule has 0 fully saturated rings. The van der Waals surface area contributed by atoms with Crippen molar-refractivity contribution in [2.45, 2.75) is 59.0 Å². The lowest BCUT2D eigenvalue weighted by Gasteiger charge is -2.18. The minimum absolute atomic E-state index is 0.0795. The van der Waals surface area contributed by atoms with Crippen LogP contribution in [0.2, 0.25) is 0 Å². The van der Waals surface area contributed by atoms with E-state index < -0.39 is 0 Å². The Bertz CT molecular complexity index is 424. The van der Waals surface area contributed by atoms with Gasteiger partial charge in [-0.05, 0) is 6.42 Å². The fraction of sp³-hybridized carbons (Fsp3) is 0.812. The van der Waals surface area contributed by atoms with Crippen LogP contribution in [0.1, 0.15) is 51.6 Å². The minimum Gasteiger partial charge on any atom is -0.385 e. The fourth-order valence-electron chi connectivity index (χ4n) is 2.05. The van der Waals surface area contributed by atoms with Crippen molar-refractivity contribution in [3.05, 3.63) is 10.6 Å². The summed E-state index contributed by atoms with van der Waals surface area (Å²) in [5.41, 5.74) is 1.30. The van der Waals surface area contributed by atoms with E-state index in [0.717, 1.165) is 31.2 Å². The van der Waals surface area contributed by atoms with Crippen LogP contribution in [-0.2, 0) is 16.7 Å². The molecule has 21 heavy (non-hydrogen) atoms. The van der Waals surface area contributed by atoms with Gasteiger partial charge in [-0.15, -0.1) is 11.3 Å². The number of thiazole rings is 1. The van der Waals surface area contributed by atoms with Crippen molar-refractivity contribution in [1.29, 1.82) is 0 Å². The normalized spacial score (nSPS) is 12.2. The molecule has 0 spiro atoms. The number of methoxy groups -OCH3 is 1. The number of ether oxygens (including phenoxy) is 1. The summed E-state index contributed by atoms with van der Waals surface area (Å²) in [7, 11) is 3.86. The first-order valence-corrected chi connectivity index (χ1v) is 8.51. The van der Waals surface area contributed by atoms with Gasteiger partial charge < -0.3 is 15.0 Å². The fourth-order valence-corrected chi connectivity index (χ4v) is 3.26. The number of rotatable bonds is 8. The smallest absolute Gasteiger partial charge is 0.185 e. The summed E-state index contributed by atoms with van der Waals surface area (Å²) in [6.07, 6.45) is 1.02. The summed E-state index contributed by atoms with van der Waals surface area (Å²) in [6.45, 7) is 13.7. The van der Waals surface area contributed by atoms with E-state index in [4.69, 9.17) is 9.72 Å². The molecule has 0 aliphatic carbocycles. The molecule has 4 nitrogen and oxygen atoms in total. The van der Waals surface area contributed by atoms with Gasteiger partial charge in [-0.2, -0.15) is 0 Å². The summed E-state index contributed by atoms with van der Waals surface area (Å²) >= 11 is 1.81. The average molecular weight is 314 g/mol. The second kappa shape index (κ2) is 8.11. The Morgan fingerprint density at radius 2 is 2.00 bits per heavy atom. The predicted molar refractivity (Wildman–Crippen MR) is 92.6 cm³/mol. The van der Waals surface area contributed by atoms with Crippen LogP contribution >= 0.6 is 11.3 Å². The van der Waals surface area contributed by atoms with Crippen LogP contribution in [-0.4, -0.2) is 38.3 Å². The molecule has 0 aliphatic rings. The van der Waals surface area contributed by atoms with Crippen LogP contribution in [0, 0.1) is 0 Å². The van der Waals surface area contributed by atoms with Gasteiger partial charge in [-0.3, -0.25) is 0 Å². The SMILES string of the molecule is COCCCN(C)c1nc(C(C)(C)C)c(CNC(C)C)s1. The first-order valence-electron chi connectivity index (χ1n) is 7.69. The Morgan fingerprint density at radius 1 is 1.33 bits per heavy atom. The van der Waals surface area contributed by atoms with Crippen molar-refractivity contribution in [2.24, 2.45) is 0 Å². The zero-order valence-corrected chi connectivity index (χ0v) is 15.4. The van der Waals surface area contributed by atoms with Crippen molar-refractivity contribution >= 4 is 16.5 Å². The van der Waals surface area contributed by atoms with Gasteiger partial charge >= 0.3 is 0 Å². The molecule has 0 amide bonds. The third-order valence-corrected chi connectivity index (χ3v) is 4.41. The molecule has 0 aliphatic heterocycles. The summed E-state index contributed by atoms with van der Waals surface area (Å²) in [5.74, 6) is 0. The molecule has 122 valence electrons. The van der Waals surface area contributed by atoms with Gasteiger partial charge in [-0.25, -0.2) is 4.98 Å². The number of nitrogens with one attached hydrogen (secondary N) is 1. The van der Waals surface area contributed by atoms with Crippen LogP contribution in [0.25, 0.3) is 0 Å².